The van der Waals surface area contributed by atoms with Crippen molar-refractivity contribution in [1.29, 1.82) is 0 Å². The van der Waals surface area contributed by atoms with Gasteiger partial charge in [0.2, 0.25) is 5.82 Å². The number of hydrogen-bond donors (Lipinski definition) is 0. The number of amides is 1. The number of nitrogens with zero attached hydrogens (tertiary/aromatic N) is 5. The number of rotatable bonds is 3. The second kappa shape index (κ2) is 7.40. The first-order valence-electron chi connectivity index (χ1n) is 9.55. The molecule has 5 rings (SSSR count). The Balaban J connectivity index is 1.59. The molecule has 0 radical (unpaired) electrons. The van der Waals surface area contributed by atoms with Gasteiger partial charge in [-0.2, -0.15) is 0 Å². The van der Waals surface area contributed by atoms with Crippen molar-refractivity contribution in [2.24, 2.45) is 0 Å². The van der Waals surface area contributed by atoms with E-state index in [2.05, 4.69) is 15.1 Å². The zero-order valence-electron chi connectivity index (χ0n) is 15.9. The molecular weight excluding hydrogens is 382 g/mol. The number of carbonyl (C=O) groups excluding carboxylic acids is 1. The van der Waals surface area contributed by atoms with Crippen LogP contribution >= 0.6 is 0 Å². The third-order valence-corrected chi connectivity index (χ3v) is 5.12. The highest BCUT2D eigenvalue weighted by Crippen LogP contribution is 2.36. The predicted molar refractivity (Wildman–Crippen MR) is 109 cm³/mol. The molecule has 30 heavy (non-hydrogen) atoms. The van der Waals surface area contributed by atoms with Crippen molar-refractivity contribution >= 4 is 17.3 Å². The maximum Gasteiger partial charge on any atom is 0.442 e. The lowest BCUT2D eigenvalue weighted by atomic mass is 10.0. The van der Waals surface area contributed by atoms with Gasteiger partial charge in [-0.05, 0) is 42.2 Å². The summed E-state index contributed by atoms with van der Waals surface area (Å²) in [6.07, 6.45) is 4.73. The van der Waals surface area contributed by atoms with Gasteiger partial charge in [0.1, 0.15) is 6.54 Å². The highest BCUT2D eigenvalue weighted by atomic mass is 16.5. The van der Waals surface area contributed by atoms with Crippen LogP contribution < -0.4 is 10.7 Å². The lowest BCUT2D eigenvalue weighted by Gasteiger charge is -2.25. The molecule has 0 bridgehead atoms. The van der Waals surface area contributed by atoms with E-state index in [9.17, 15) is 9.59 Å². The van der Waals surface area contributed by atoms with Gasteiger partial charge >= 0.3 is 5.76 Å². The van der Waals surface area contributed by atoms with Crippen LogP contribution in [0.4, 0.5) is 11.4 Å². The quantitative estimate of drug-likeness (QED) is 0.526. The Morgan fingerprint density at radius 2 is 1.50 bits per heavy atom. The largest absolute Gasteiger partial charge is 0.442 e. The molecule has 8 nitrogen and oxygen atoms in total. The summed E-state index contributed by atoms with van der Waals surface area (Å²) in [5.74, 6) is -0.681. The van der Waals surface area contributed by atoms with Gasteiger partial charge in [0.05, 0.1) is 11.4 Å². The molecule has 4 aromatic rings. The Bertz CT molecular complexity index is 1230. The lowest BCUT2D eigenvalue weighted by Crippen LogP contribution is -2.33. The Labute approximate surface area is 171 Å². The van der Waals surface area contributed by atoms with E-state index in [1.54, 1.807) is 11.0 Å². The molecule has 0 saturated heterocycles. The SMILES string of the molecule is O=C(Cn1c(-c2ncccn2)noc1=O)N1c2ccccc2CCc2ccccc21. The Morgan fingerprint density at radius 3 is 2.13 bits per heavy atom. The minimum Gasteiger partial charge on any atom is -0.295 e. The van der Waals surface area contributed by atoms with Gasteiger partial charge in [-0.3, -0.25) is 14.2 Å². The van der Waals surface area contributed by atoms with Crippen molar-refractivity contribution in [2.75, 3.05) is 4.90 Å². The van der Waals surface area contributed by atoms with Crippen molar-refractivity contribution in [3.63, 3.8) is 0 Å². The minimum absolute atomic E-state index is 0.116. The number of aryl methyl sites for hydroxylation is 2. The third kappa shape index (κ3) is 3.08. The molecule has 0 saturated carbocycles. The van der Waals surface area contributed by atoms with Gasteiger partial charge in [0, 0.05) is 12.4 Å². The topological polar surface area (TPSA) is 94.1 Å². The fourth-order valence-electron chi connectivity index (χ4n) is 3.74. The molecule has 1 amide bonds. The molecule has 0 spiro atoms. The molecule has 0 aliphatic carbocycles. The van der Waals surface area contributed by atoms with Crippen LogP contribution in [0.15, 0.2) is 76.3 Å². The number of carbonyl (C=O) groups is 1. The molecule has 2 aromatic carbocycles. The zero-order valence-corrected chi connectivity index (χ0v) is 15.9. The van der Waals surface area contributed by atoms with E-state index in [1.807, 2.05) is 48.5 Å². The monoisotopic (exact) mass is 399 g/mol. The number of aromatic nitrogens is 4. The first-order chi connectivity index (χ1) is 14.7. The predicted octanol–water partition coefficient (Wildman–Crippen LogP) is 2.76. The van der Waals surface area contributed by atoms with Crippen molar-refractivity contribution in [3.8, 4) is 11.6 Å². The van der Waals surface area contributed by atoms with Crippen molar-refractivity contribution in [1.82, 2.24) is 19.7 Å². The number of hydrogen-bond acceptors (Lipinski definition) is 6. The molecule has 0 N–H and O–H groups in total. The lowest BCUT2D eigenvalue weighted by molar-refractivity contribution is -0.118. The Morgan fingerprint density at radius 1 is 0.900 bits per heavy atom. The summed E-state index contributed by atoms with van der Waals surface area (Å²) >= 11 is 0. The third-order valence-electron chi connectivity index (χ3n) is 5.12. The summed E-state index contributed by atoms with van der Waals surface area (Å²) in [5.41, 5.74) is 3.78. The number of fused-ring (bicyclic) bond motifs is 2. The van der Waals surface area contributed by atoms with Crippen LogP contribution in [0.25, 0.3) is 11.6 Å². The van der Waals surface area contributed by atoms with Crippen molar-refractivity contribution in [3.05, 3.63) is 88.7 Å². The Kier molecular flexibility index (Phi) is 4.44. The van der Waals surface area contributed by atoms with E-state index in [-0.39, 0.29) is 24.1 Å². The van der Waals surface area contributed by atoms with E-state index < -0.39 is 5.76 Å². The Hall–Kier alpha value is -4.07. The van der Waals surface area contributed by atoms with E-state index in [0.29, 0.717) is 0 Å². The van der Waals surface area contributed by atoms with Crippen LogP contribution in [-0.4, -0.2) is 25.6 Å². The first kappa shape index (κ1) is 18.0. The standard InChI is InChI=1S/C22H17N5O3/c28-19(14-26-21(25-30-22(26)29)20-23-12-5-13-24-20)27-17-8-3-1-6-15(17)10-11-16-7-2-4-9-18(16)27/h1-9,12-13H,10-11,14H2. The summed E-state index contributed by atoms with van der Waals surface area (Å²) in [4.78, 5) is 35.7. The molecule has 148 valence electrons. The maximum atomic E-state index is 13.5. The van der Waals surface area contributed by atoms with Gasteiger partial charge in [-0.1, -0.05) is 41.6 Å². The fourth-order valence-corrected chi connectivity index (χ4v) is 3.74. The first-order valence-corrected chi connectivity index (χ1v) is 9.55. The average molecular weight is 399 g/mol. The summed E-state index contributed by atoms with van der Waals surface area (Å²) in [6, 6.07) is 17.3. The molecule has 0 fully saturated rings. The van der Waals surface area contributed by atoms with E-state index in [4.69, 9.17) is 4.52 Å². The molecular formula is C22H17N5O3. The van der Waals surface area contributed by atoms with Gasteiger partial charge in [0.15, 0.2) is 5.82 Å². The zero-order chi connectivity index (χ0) is 20.5. The van der Waals surface area contributed by atoms with Gasteiger partial charge < -0.3 is 0 Å². The second-order valence-electron chi connectivity index (χ2n) is 6.92. The van der Waals surface area contributed by atoms with E-state index in [0.717, 1.165) is 39.9 Å². The van der Waals surface area contributed by atoms with Crippen LogP contribution in [0.2, 0.25) is 0 Å². The number of anilines is 2. The highest BCUT2D eigenvalue weighted by Gasteiger charge is 2.27. The number of para-hydroxylation sites is 2. The molecule has 0 unspecified atom stereocenters. The van der Waals surface area contributed by atoms with Gasteiger partial charge in [-0.15, -0.1) is 0 Å². The summed E-state index contributed by atoms with van der Waals surface area (Å²) in [5, 5.41) is 3.77. The van der Waals surface area contributed by atoms with Crippen LogP contribution in [0.5, 0.6) is 0 Å². The molecule has 3 heterocycles. The van der Waals surface area contributed by atoms with Gasteiger partial charge in [-0.25, -0.2) is 19.3 Å². The maximum absolute atomic E-state index is 13.5. The van der Waals surface area contributed by atoms with Gasteiger partial charge in [0.25, 0.3) is 5.91 Å². The van der Waals surface area contributed by atoms with Crippen LogP contribution in [0.1, 0.15) is 11.1 Å². The van der Waals surface area contributed by atoms with Crippen LogP contribution in [-0.2, 0) is 24.2 Å². The summed E-state index contributed by atoms with van der Waals surface area (Å²) in [6.45, 7) is -0.251. The van der Waals surface area contributed by atoms with E-state index in [1.165, 1.54) is 12.4 Å². The van der Waals surface area contributed by atoms with Crippen molar-refractivity contribution in [2.45, 2.75) is 19.4 Å². The highest BCUT2D eigenvalue weighted by molar-refractivity contribution is 6.02. The second-order valence-corrected chi connectivity index (χ2v) is 6.92. The molecule has 2 aromatic heterocycles. The molecule has 1 aliphatic heterocycles. The summed E-state index contributed by atoms with van der Waals surface area (Å²) in [7, 11) is 0. The van der Waals surface area contributed by atoms with Crippen molar-refractivity contribution < 1.29 is 9.32 Å². The smallest absolute Gasteiger partial charge is 0.295 e. The molecule has 8 heteroatoms. The normalized spacial score (nSPS) is 12.7. The molecule has 1 aliphatic rings. The molecule has 0 atom stereocenters. The minimum atomic E-state index is -0.734. The summed E-state index contributed by atoms with van der Waals surface area (Å²) < 4.78 is 5.97. The fraction of sp³-hybridized carbons (Fsp3) is 0.136. The van der Waals surface area contributed by atoms with Crippen LogP contribution in [0, 0.1) is 0 Å². The van der Waals surface area contributed by atoms with E-state index >= 15 is 0 Å². The van der Waals surface area contributed by atoms with Crippen LogP contribution in [0.3, 0.4) is 0 Å². The average Bonchev–Trinajstić information content (AvgIpc) is 3.05. The number of benzene rings is 2.